The predicted molar refractivity (Wildman–Crippen MR) is 128 cm³/mol. The third kappa shape index (κ3) is 4.70. The van der Waals surface area contributed by atoms with E-state index in [1.165, 1.54) is 0 Å². The van der Waals surface area contributed by atoms with Crippen LogP contribution in [-0.4, -0.2) is 5.78 Å². The van der Waals surface area contributed by atoms with E-state index in [0.29, 0.717) is 26.8 Å². The van der Waals surface area contributed by atoms with Crippen molar-refractivity contribution in [2.45, 2.75) is 6.04 Å². The summed E-state index contributed by atoms with van der Waals surface area (Å²) < 4.78 is 14.5. The Kier molecular flexibility index (Phi) is 6.48. The minimum atomic E-state index is -3.34. The highest BCUT2D eigenvalue weighted by Crippen LogP contribution is 2.42. The maximum absolute atomic E-state index is 14.5. The molecule has 0 aliphatic rings. The van der Waals surface area contributed by atoms with Gasteiger partial charge in [-0.3, -0.25) is 9.36 Å². The average Bonchev–Trinajstić information content (AvgIpc) is 2.84. The Morgan fingerprint density at radius 1 is 0.677 bits per heavy atom. The second-order valence-corrected chi connectivity index (χ2v) is 10.1. The highest BCUT2D eigenvalue weighted by molar-refractivity contribution is 7.77. The van der Waals surface area contributed by atoms with Crippen LogP contribution in [0, 0.1) is 0 Å². The lowest BCUT2D eigenvalue weighted by Crippen LogP contribution is -2.34. The Balaban J connectivity index is 1.84. The van der Waals surface area contributed by atoms with E-state index in [4.69, 9.17) is 11.6 Å². The molecule has 0 fully saturated rings. The Bertz CT molecular complexity index is 1150. The number of carbonyl (C=O) groups is 1. The number of benzene rings is 4. The number of nitrogens with one attached hydrogen (secondary N) is 1. The summed E-state index contributed by atoms with van der Waals surface area (Å²) in [5, 5.41) is 5.11. The van der Waals surface area contributed by atoms with Gasteiger partial charge in [0.2, 0.25) is 7.29 Å². The Morgan fingerprint density at radius 2 is 1.13 bits per heavy atom. The first kappa shape index (κ1) is 21.3. The third-order valence-electron chi connectivity index (χ3n) is 5.07. The van der Waals surface area contributed by atoms with Crippen LogP contribution < -0.4 is 15.7 Å². The summed E-state index contributed by atoms with van der Waals surface area (Å²) in [5.41, 5.74) is 1.24. The fourth-order valence-corrected chi connectivity index (χ4v) is 6.00. The van der Waals surface area contributed by atoms with E-state index in [2.05, 4.69) is 5.09 Å². The fourth-order valence-electron chi connectivity index (χ4n) is 3.46. The number of halogens is 1. The van der Waals surface area contributed by atoms with Crippen LogP contribution in [0.25, 0.3) is 0 Å². The molecule has 0 spiro atoms. The van der Waals surface area contributed by atoms with E-state index in [0.717, 1.165) is 0 Å². The summed E-state index contributed by atoms with van der Waals surface area (Å²) in [4.78, 5) is 13.6. The molecule has 4 aromatic carbocycles. The molecule has 3 nitrogen and oxygen atoms in total. The molecule has 1 unspecified atom stereocenters. The molecule has 1 atom stereocenters. The van der Waals surface area contributed by atoms with Crippen molar-refractivity contribution in [1.29, 1.82) is 0 Å². The smallest absolute Gasteiger partial charge is 0.205 e. The van der Waals surface area contributed by atoms with E-state index in [9.17, 15) is 9.36 Å². The zero-order valence-corrected chi connectivity index (χ0v) is 18.3. The van der Waals surface area contributed by atoms with Crippen LogP contribution in [0.4, 0.5) is 0 Å². The molecule has 0 radical (unpaired) electrons. The van der Waals surface area contributed by atoms with Gasteiger partial charge in [0.15, 0.2) is 5.78 Å². The molecule has 0 heterocycles. The van der Waals surface area contributed by atoms with Crippen molar-refractivity contribution in [3.05, 3.63) is 131 Å². The molecule has 154 valence electrons. The van der Waals surface area contributed by atoms with Gasteiger partial charge in [-0.25, -0.2) is 5.09 Å². The maximum Gasteiger partial charge on any atom is 0.205 e. The summed E-state index contributed by atoms with van der Waals surface area (Å²) in [6, 6.07) is 33.7. The molecule has 0 aromatic heterocycles. The number of Topliss-reactive ketones (excluding diaryl/α,β-unsaturated/α-hetero) is 1. The standard InChI is InChI=1S/C26H21ClNO2P/c27-22-18-16-20(17-19-22)25(26(29)21-10-4-1-5-11-21)28-31(30,23-12-6-2-7-13-23)24-14-8-3-9-15-24/h1-19,25H,(H,28,30). The lowest BCUT2D eigenvalue weighted by molar-refractivity contribution is 0.0954. The molecule has 31 heavy (non-hydrogen) atoms. The SMILES string of the molecule is O=C(c1ccccc1)C(NP(=O)(c1ccccc1)c1ccccc1)c1ccc(Cl)cc1. The van der Waals surface area contributed by atoms with Gasteiger partial charge in [-0.05, 0) is 42.0 Å². The zero-order chi connectivity index (χ0) is 21.7. The van der Waals surface area contributed by atoms with Crippen molar-refractivity contribution < 1.29 is 9.36 Å². The van der Waals surface area contributed by atoms with Crippen LogP contribution in [0.3, 0.4) is 0 Å². The van der Waals surface area contributed by atoms with Crippen LogP contribution >= 0.6 is 18.9 Å². The number of hydrogen-bond acceptors (Lipinski definition) is 2. The van der Waals surface area contributed by atoms with Crippen molar-refractivity contribution in [3.63, 3.8) is 0 Å². The van der Waals surface area contributed by atoms with E-state index >= 15 is 0 Å². The molecule has 0 amide bonds. The predicted octanol–water partition coefficient (Wildman–Crippen LogP) is 5.78. The van der Waals surface area contributed by atoms with Gasteiger partial charge >= 0.3 is 0 Å². The van der Waals surface area contributed by atoms with Crippen molar-refractivity contribution in [2.75, 3.05) is 0 Å². The molecule has 4 aromatic rings. The van der Waals surface area contributed by atoms with Crippen LogP contribution in [0.5, 0.6) is 0 Å². The van der Waals surface area contributed by atoms with E-state index in [1.807, 2.05) is 78.9 Å². The van der Waals surface area contributed by atoms with Gasteiger partial charge in [-0.15, -0.1) is 0 Å². The van der Waals surface area contributed by atoms with Crippen LogP contribution in [0.15, 0.2) is 115 Å². The topological polar surface area (TPSA) is 46.2 Å². The normalized spacial score (nSPS) is 12.3. The summed E-state index contributed by atoms with van der Waals surface area (Å²) in [6.07, 6.45) is 0. The summed E-state index contributed by atoms with van der Waals surface area (Å²) in [7, 11) is -3.34. The third-order valence-corrected chi connectivity index (χ3v) is 8.00. The number of ketones is 1. The Hall–Kier alpha value is -2.97. The lowest BCUT2D eigenvalue weighted by Gasteiger charge is -2.27. The maximum atomic E-state index is 14.5. The van der Waals surface area contributed by atoms with E-state index < -0.39 is 13.3 Å². The first-order chi connectivity index (χ1) is 15.1. The number of rotatable bonds is 7. The molecule has 0 saturated heterocycles. The van der Waals surface area contributed by atoms with Crippen LogP contribution in [0.2, 0.25) is 5.02 Å². The van der Waals surface area contributed by atoms with Gasteiger partial charge < -0.3 is 0 Å². The van der Waals surface area contributed by atoms with Crippen LogP contribution in [0.1, 0.15) is 22.0 Å². The van der Waals surface area contributed by atoms with Crippen molar-refractivity contribution in [1.82, 2.24) is 5.09 Å². The first-order valence-corrected chi connectivity index (χ1v) is 12.0. The quantitative estimate of drug-likeness (QED) is 0.289. The molecular formula is C26H21ClNO2P. The highest BCUT2D eigenvalue weighted by Gasteiger charge is 2.34. The second kappa shape index (κ2) is 9.45. The molecule has 0 bridgehead atoms. The van der Waals surface area contributed by atoms with E-state index in [-0.39, 0.29) is 5.78 Å². The van der Waals surface area contributed by atoms with Gasteiger partial charge in [0.25, 0.3) is 0 Å². The van der Waals surface area contributed by atoms with Crippen molar-refractivity contribution in [2.24, 2.45) is 0 Å². The second-order valence-electron chi connectivity index (χ2n) is 7.12. The van der Waals surface area contributed by atoms with E-state index in [1.54, 1.807) is 36.4 Å². The van der Waals surface area contributed by atoms with Gasteiger partial charge in [-0.2, -0.15) is 0 Å². The van der Waals surface area contributed by atoms with Gasteiger partial charge in [0, 0.05) is 21.2 Å². The number of hydrogen-bond donors (Lipinski definition) is 1. The summed E-state index contributed by atoms with van der Waals surface area (Å²) in [5.74, 6) is -0.157. The average molecular weight is 446 g/mol. The highest BCUT2D eigenvalue weighted by atomic mass is 35.5. The molecule has 4 rings (SSSR count). The minimum Gasteiger partial charge on any atom is -0.296 e. The summed E-state index contributed by atoms with van der Waals surface area (Å²) in [6.45, 7) is 0. The molecular weight excluding hydrogens is 425 g/mol. The molecule has 5 heteroatoms. The molecule has 0 saturated carbocycles. The van der Waals surface area contributed by atoms with Gasteiger partial charge in [0.05, 0.1) is 0 Å². The first-order valence-electron chi connectivity index (χ1n) is 9.92. The fraction of sp³-hybridized carbons (Fsp3) is 0.0385. The lowest BCUT2D eigenvalue weighted by atomic mass is 9.98. The van der Waals surface area contributed by atoms with Gasteiger partial charge in [0.1, 0.15) is 6.04 Å². The Morgan fingerprint density at radius 3 is 1.61 bits per heavy atom. The van der Waals surface area contributed by atoms with Gasteiger partial charge in [-0.1, -0.05) is 90.5 Å². The van der Waals surface area contributed by atoms with Crippen molar-refractivity contribution >= 4 is 35.3 Å². The molecule has 0 aliphatic carbocycles. The monoisotopic (exact) mass is 445 g/mol. The zero-order valence-electron chi connectivity index (χ0n) is 16.7. The summed E-state index contributed by atoms with van der Waals surface area (Å²) >= 11 is 6.08. The minimum absolute atomic E-state index is 0.157. The molecule has 1 N–H and O–H groups in total. The van der Waals surface area contributed by atoms with Crippen molar-refractivity contribution in [3.8, 4) is 0 Å². The van der Waals surface area contributed by atoms with Crippen LogP contribution in [-0.2, 0) is 4.57 Å². The molecule has 0 aliphatic heterocycles. The largest absolute Gasteiger partial charge is 0.296 e. The Labute approximate surface area is 187 Å². The number of carbonyl (C=O) groups excluding carboxylic acids is 1.